The number of anilines is 1. The highest BCUT2D eigenvalue weighted by Gasteiger charge is 2.17. The van der Waals surface area contributed by atoms with Gasteiger partial charge in [0.1, 0.15) is 5.82 Å². The molecule has 1 rings (SSSR count). The van der Waals surface area contributed by atoms with Crippen molar-refractivity contribution in [2.45, 2.75) is 26.4 Å². The van der Waals surface area contributed by atoms with E-state index in [9.17, 15) is 4.79 Å². The fraction of sp³-hybridized carbons (Fsp3) is 0.583. The molecule has 18 heavy (non-hydrogen) atoms. The highest BCUT2D eigenvalue weighted by Crippen LogP contribution is 2.10. The maximum Gasteiger partial charge on any atom is 0.271 e. The third kappa shape index (κ3) is 4.29. The van der Waals surface area contributed by atoms with Gasteiger partial charge in [0.2, 0.25) is 0 Å². The van der Waals surface area contributed by atoms with Crippen molar-refractivity contribution >= 4 is 11.7 Å². The van der Waals surface area contributed by atoms with Gasteiger partial charge in [-0.3, -0.25) is 4.79 Å². The van der Waals surface area contributed by atoms with Crippen molar-refractivity contribution < 1.29 is 9.53 Å². The molecule has 6 nitrogen and oxygen atoms in total. The Kier molecular flexibility index (Phi) is 5.03. The molecular formula is C12H20N4O2. The Balaban J connectivity index is 2.56. The number of amides is 1. The number of nitrogens with zero attached hydrogens (tertiary/aromatic N) is 2. The van der Waals surface area contributed by atoms with Crippen LogP contribution < -0.4 is 10.6 Å². The molecule has 0 radical (unpaired) electrons. The summed E-state index contributed by atoms with van der Waals surface area (Å²) in [5.41, 5.74) is 0.0303. The third-order valence-corrected chi connectivity index (χ3v) is 2.35. The van der Waals surface area contributed by atoms with Gasteiger partial charge >= 0.3 is 0 Å². The molecular weight excluding hydrogens is 232 g/mol. The average Bonchev–Trinajstić information content (AvgIpc) is 2.36. The lowest BCUT2D eigenvalue weighted by Crippen LogP contribution is -2.33. The van der Waals surface area contributed by atoms with E-state index >= 15 is 0 Å². The normalized spacial score (nSPS) is 11.1. The highest BCUT2D eigenvalue weighted by atomic mass is 16.5. The Labute approximate surface area is 107 Å². The molecule has 1 aromatic heterocycles. The number of hydrogen-bond donors (Lipinski definition) is 2. The van der Waals surface area contributed by atoms with Crippen molar-refractivity contribution in [3.8, 4) is 0 Å². The third-order valence-electron chi connectivity index (χ3n) is 2.35. The Hall–Kier alpha value is -1.69. The molecule has 0 aliphatic carbocycles. The van der Waals surface area contributed by atoms with E-state index in [4.69, 9.17) is 4.74 Å². The molecule has 0 fully saturated rings. The summed E-state index contributed by atoms with van der Waals surface area (Å²) in [7, 11) is 1.56. The minimum Gasteiger partial charge on any atom is -0.374 e. The zero-order valence-electron chi connectivity index (χ0n) is 11.3. The van der Waals surface area contributed by atoms with E-state index in [2.05, 4.69) is 20.8 Å². The molecule has 1 aromatic rings. The van der Waals surface area contributed by atoms with Crippen LogP contribution in [0.15, 0.2) is 12.1 Å². The van der Waals surface area contributed by atoms with Crippen LogP contribution in [0.1, 0.15) is 31.3 Å². The molecule has 0 unspecified atom stereocenters. The lowest BCUT2D eigenvalue weighted by molar-refractivity contribution is 0.000627. The number of aromatic nitrogens is 2. The van der Waals surface area contributed by atoms with Crippen molar-refractivity contribution in [1.82, 2.24) is 15.5 Å². The topological polar surface area (TPSA) is 76.1 Å². The molecule has 0 saturated heterocycles. The molecule has 100 valence electrons. The molecule has 0 aliphatic rings. The summed E-state index contributed by atoms with van der Waals surface area (Å²) in [6, 6.07) is 3.35. The van der Waals surface area contributed by atoms with Gasteiger partial charge in [-0.05, 0) is 32.9 Å². The molecule has 1 amide bonds. The predicted octanol–water partition coefficient (Wildman–Crippen LogP) is 1.06. The highest BCUT2D eigenvalue weighted by molar-refractivity contribution is 5.91. The number of hydrogen-bond acceptors (Lipinski definition) is 5. The van der Waals surface area contributed by atoms with E-state index in [1.807, 2.05) is 20.8 Å². The Morgan fingerprint density at radius 3 is 2.61 bits per heavy atom. The lowest BCUT2D eigenvalue weighted by atomic mass is 10.1. The van der Waals surface area contributed by atoms with E-state index in [1.165, 1.54) is 0 Å². The van der Waals surface area contributed by atoms with Gasteiger partial charge in [0.25, 0.3) is 5.91 Å². The van der Waals surface area contributed by atoms with Crippen molar-refractivity contribution in [3.63, 3.8) is 0 Å². The molecule has 0 bridgehead atoms. The van der Waals surface area contributed by atoms with E-state index in [0.29, 0.717) is 24.7 Å². The van der Waals surface area contributed by atoms with Crippen LogP contribution in [0.3, 0.4) is 0 Å². The first kappa shape index (κ1) is 14.4. The fourth-order valence-electron chi connectivity index (χ4n) is 1.42. The zero-order chi connectivity index (χ0) is 13.6. The number of nitrogens with one attached hydrogen (secondary N) is 2. The lowest BCUT2D eigenvalue weighted by Gasteiger charge is -2.24. The molecule has 0 atom stereocenters. The molecule has 1 heterocycles. The quantitative estimate of drug-likeness (QED) is 0.792. The van der Waals surface area contributed by atoms with Crippen LogP contribution in [0, 0.1) is 0 Å². The van der Waals surface area contributed by atoms with Crippen LogP contribution >= 0.6 is 0 Å². The van der Waals surface area contributed by atoms with Crippen LogP contribution in [0.25, 0.3) is 0 Å². The first-order chi connectivity index (χ1) is 8.48. The summed E-state index contributed by atoms with van der Waals surface area (Å²) < 4.78 is 5.56. The predicted molar refractivity (Wildman–Crippen MR) is 69.6 cm³/mol. The molecule has 2 N–H and O–H groups in total. The van der Waals surface area contributed by atoms with E-state index in [1.54, 1.807) is 19.2 Å². The molecule has 0 aliphatic heterocycles. The number of ether oxygens (including phenoxy) is 1. The average molecular weight is 252 g/mol. The van der Waals surface area contributed by atoms with Crippen molar-refractivity contribution in [2.24, 2.45) is 0 Å². The second-order valence-corrected chi connectivity index (χ2v) is 4.43. The summed E-state index contributed by atoms with van der Waals surface area (Å²) in [5, 5.41) is 13.4. The van der Waals surface area contributed by atoms with Gasteiger partial charge < -0.3 is 15.4 Å². The second-order valence-electron chi connectivity index (χ2n) is 4.43. The van der Waals surface area contributed by atoms with Gasteiger partial charge in [0.05, 0.1) is 5.60 Å². The Morgan fingerprint density at radius 2 is 2.11 bits per heavy atom. The molecule has 0 saturated carbocycles. The summed E-state index contributed by atoms with van der Waals surface area (Å²) in [6.45, 7) is 7.23. The monoisotopic (exact) mass is 252 g/mol. The summed E-state index contributed by atoms with van der Waals surface area (Å²) >= 11 is 0. The SMILES string of the molecule is CCOC(C)(C)CNc1ccc(C(=O)NC)nn1. The van der Waals surface area contributed by atoms with Gasteiger partial charge in [-0.25, -0.2) is 0 Å². The van der Waals surface area contributed by atoms with Crippen LogP contribution in [-0.4, -0.2) is 41.9 Å². The van der Waals surface area contributed by atoms with Crippen molar-refractivity contribution in [1.29, 1.82) is 0 Å². The Bertz CT molecular complexity index is 390. The summed E-state index contributed by atoms with van der Waals surface area (Å²) in [4.78, 5) is 11.3. The van der Waals surface area contributed by atoms with Crippen LogP contribution in [-0.2, 0) is 4.74 Å². The second kappa shape index (κ2) is 6.30. The first-order valence-corrected chi connectivity index (χ1v) is 5.92. The fourth-order valence-corrected chi connectivity index (χ4v) is 1.42. The van der Waals surface area contributed by atoms with Gasteiger partial charge in [0.15, 0.2) is 5.69 Å². The van der Waals surface area contributed by atoms with Crippen LogP contribution in [0.5, 0.6) is 0 Å². The van der Waals surface area contributed by atoms with Crippen molar-refractivity contribution in [2.75, 3.05) is 25.5 Å². The summed E-state index contributed by atoms with van der Waals surface area (Å²) in [6.07, 6.45) is 0. The van der Waals surface area contributed by atoms with Crippen LogP contribution in [0.2, 0.25) is 0 Å². The van der Waals surface area contributed by atoms with Crippen LogP contribution in [0.4, 0.5) is 5.82 Å². The van der Waals surface area contributed by atoms with E-state index in [0.717, 1.165) is 0 Å². The minimum absolute atomic E-state index is 0.247. The number of carbonyl (C=O) groups is 1. The maximum absolute atomic E-state index is 11.3. The first-order valence-electron chi connectivity index (χ1n) is 5.92. The standard InChI is InChI=1S/C12H20N4O2/c1-5-18-12(2,3)8-14-10-7-6-9(15-16-10)11(17)13-4/h6-7H,5,8H2,1-4H3,(H,13,17)(H,14,16). The molecule has 6 heteroatoms. The largest absolute Gasteiger partial charge is 0.374 e. The smallest absolute Gasteiger partial charge is 0.271 e. The number of carbonyl (C=O) groups excluding carboxylic acids is 1. The van der Waals surface area contributed by atoms with Gasteiger partial charge in [-0.2, -0.15) is 0 Å². The molecule has 0 aromatic carbocycles. The number of rotatable bonds is 6. The maximum atomic E-state index is 11.3. The van der Waals surface area contributed by atoms with Crippen molar-refractivity contribution in [3.05, 3.63) is 17.8 Å². The van der Waals surface area contributed by atoms with E-state index < -0.39 is 0 Å². The molecule has 0 spiro atoms. The summed E-state index contributed by atoms with van der Waals surface area (Å²) in [5.74, 6) is 0.374. The van der Waals surface area contributed by atoms with Gasteiger partial charge in [0, 0.05) is 20.2 Å². The van der Waals surface area contributed by atoms with Gasteiger partial charge in [-0.15, -0.1) is 10.2 Å². The zero-order valence-corrected chi connectivity index (χ0v) is 11.3. The van der Waals surface area contributed by atoms with Gasteiger partial charge in [-0.1, -0.05) is 0 Å². The van der Waals surface area contributed by atoms with E-state index in [-0.39, 0.29) is 11.5 Å². The minimum atomic E-state index is -0.268. The Morgan fingerprint density at radius 1 is 1.39 bits per heavy atom.